The molecule has 0 unspecified atom stereocenters. The van der Waals surface area contributed by atoms with Crippen LogP contribution in [0.1, 0.15) is 20.8 Å². The zero-order valence-corrected chi connectivity index (χ0v) is 7.83. The second kappa shape index (κ2) is 4.08. The van der Waals surface area contributed by atoms with Crippen molar-refractivity contribution in [2.45, 2.75) is 32.5 Å². The van der Waals surface area contributed by atoms with Crippen molar-refractivity contribution < 1.29 is 19.4 Å². The number of hydrogen-bond acceptors (Lipinski definition) is 4. The lowest BCUT2D eigenvalue weighted by atomic mass is 10.2. The number of ether oxygens (including phenoxy) is 1. The fraction of sp³-hybridized carbons (Fsp3) is 0.714. The van der Waals surface area contributed by atoms with Crippen molar-refractivity contribution in [3.63, 3.8) is 0 Å². The third-order valence-electron chi connectivity index (χ3n) is 0.938. The van der Waals surface area contributed by atoms with E-state index in [2.05, 4.69) is 0 Å². The Labute approximate surface area is 76.0 Å². The Balaban J connectivity index is 3.96. The van der Waals surface area contributed by atoms with Crippen LogP contribution in [-0.2, 0) is 9.53 Å². The van der Waals surface area contributed by atoms with Gasteiger partial charge < -0.3 is 15.6 Å². The van der Waals surface area contributed by atoms with E-state index in [0.29, 0.717) is 0 Å². The Morgan fingerprint density at radius 2 is 1.92 bits per heavy atom. The predicted molar refractivity (Wildman–Crippen MR) is 45.0 cm³/mol. The monoisotopic (exact) mass is 190 g/mol. The summed E-state index contributed by atoms with van der Waals surface area (Å²) in [6, 6.07) is 0. The molecular weight excluding hydrogens is 176 g/mol. The molecule has 0 radical (unpaired) electrons. The van der Waals surface area contributed by atoms with E-state index in [-0.39, 0.29) is 0 Å². The smallest absolute Gasteiger partial charge is 0.409 e. The van der Waals surface area contributed by atoms with Crippen LogP contribution in [0, 0.1) is 0 Å². The number of alkyl carbamates (subject to hydrolysis) is 1. The quantitative estimate of drug-likeness (QED) is 0.527. The van der Waals surface area contributed by atoms with Gasteiger partial charge in [-0.15, -0.1) is 0 Å². The van der Waals surface area contributed by atoms with E-state index in [4.69, 9.17) is 15.6 Å². The highest BCUT2D eigenvalue weighted by Crippen LogP contribution is 2.06. The lowest BCUT2D eigenvalue weighted by Crippen LogP contribution is -2.48. The molecular formula is C7H14N2O4. The minimum absolute atomic E-state index is 0.664. The number of amides is 1. The summed E-state index contributed by atoms with van der Waals surface area (Å²) < 4.78 is 4.77. The van der Waals surface area contributed by atoms with Crippen molar-refractivity contribution in [3.05, 3.63) is 0 Å². The van der Waals surface area contributed by atoms with Crippen LogP contribution < -0.4 is 11.1 Å². The molecule has 0 aliphatic heterocycles. The minimum atomic E-state index is -1.44. The predicted octanol–water partition coefficient (Wildman–Crippen LogP) is -0.119. The maximum atomic E-state index is 10.9. The van der Waals surface area contributed by atoms with Crippen LogP contribution in [0.2, 0.25) is 0 Å². The number of aliphatic carboxylic acids is 1. The standard InChI is InChI=1S/C7H14N2O4/c1-7(2,3)13-6(12)9-4(8)5(10)11/h4H,8H2,1-3H3,(H,9,12)(H,10,11)/t4-/m0/s1. The van der Waals surface area contributed by atoms with Crippen LogP contribution in [0.4, 0.5) is 4.79 Å². The molecule has 1 amide bonds. The summed E-state index contributed by atoms with van der Waals surface area (Å²) >= 11 is 0. The molecule has 0 heterocycles. The van der Waals surface area contributed by atoms with E-state index in [1.807, 2.05) is 5.32 Å². The molecule has 0 saturated carbocycles. The number of carbonyl (C=O) groups excluding carboxylic acids is 1. The van der Waals surface area contributed by atoms with Crippen LogP contribution in [-0.4, -0.2) is 28.9 Å². The van der Waals surface area contributed by atoms with Crippen LogP contribution in [0.5, 0.6) is 0 Å². The van der Waals surface area contributed by atoms with Crippen molar-refractivity contribution >= 4 is 12.1 Å². The molecule has 0 aromatic heterocycles. The van der Waals surface area contributed by atoms with Crippen LogP contribution in [0.15, 0.2) is 0 Å². The Bertz CT molecular complexity index is 209. The second-order valence-corrected chi connectivity index (χ2v) is 3.46. The maximum absolute atomic E-state index is 10.9. The Morgan fingerprint density at radius 3 is 2.23 bits per heavy atom. The summed E-state index contributed by atoms with van der Waals surface area (Å²) in [4.78, 5) is 21.1. The first-order chi connectivity index (χ1) is 5.72. The van der Waals surface area contributed by atoms with Crippen LogP contribution in [0.3, 0.4) is 0 Å². The lowest BCUT2D eigenvalue weighted by Gasteiger charge is -2.20. The highest BCUT2D eigenvalue weighted by atomic mass is 16.6. The second-order valence-electron chi connectivity index (χ2n) is 3.46. The molecule has 6 nitrogen and oxygen atoms in total. The zero-order chi connectivity index (χ0) is 10.6. The molecule has 0 rings (SSSR count). The summed E-state index contributed by atoms with van der Waals surface area (Å²) in [7, 11) is 0. The summed E-state index contributed by atoms with van der Waals surface area (Å²) in [5, 5.41) is 10.3. The molecule has 0 spiro atoms. The highest BCUT2D eigenvalue weighted by molar-refractivity contribution is 5.79. The van der Waals surface area contributed by atoms with Gasteiger partial charge in [0.25, 0.3) is 0 Å². The molecule has 1 atom stereocenters. The lowest BCUT2D eigenvalue weighted by molar-refractivity contribution is -0.139. The number of rotatable bonds is 2. The van der Waals surface area contributed by atoms with Crippen molar-refractivity contribution in [2.24, 2.45) is 5.73 Å². The van der Waals surface area contributed by atoms with E-state index in [0.717, 1.165) is 0 Å². The third-order valence-corrected chi connectivity index (χ3v) is 0.938. The molecule has 0 aliphatic carbocycles. The average molecular weight is 190 g/mol. The van der Waals surface area contributed by atoms with Crippen molar-refractivity contribution in [1.82, 2.24) is 5.32 Å². The first kappa shape index (κ1) is 11.7. The first-order valence-electron chi connectivity index (χ1n) is 3.70. The number of nitrogens with two attached hydrogens (primary N) is 1. The van der Waals surface area contributed by atoms with Gasteiger partial charge in [-0.3, -0.25) is 5.32 Å². The molecule has 13 heavy (non-hydrogen) atoms. The third kappa shape index (κ3) is 5.92. The molecule has 0 fully saturated rings. The average Bonchev–Trinajstić information content (AvgIpc) is 1.81. The molecule has 0 saturated heterocycles. The van der Waals surface area contributed by atoms with Crippen molar-refractivity contribution in [1.29, 1.82) is 0 Å². The summed E-state index contributed by atoms with van der Waals surface area (Å²) in [5.41, 5.74) is 4.36. The number of carboxylic acid groups (broad SMARTS) is 1. The van der Waals surface area contributed by atoms with Gasteiger partial charge in [-0.2, -0.15) is 0 Å². The summed E-state index contributed by atoms with van der Waals surface area (Å²) in [6.07, 6.45) is -2.28. The number of carbonyl (C=O) groups is 2. The molecule has 0 aromatic rings. The number of hydrogen-bond donors (Lipinski definition) is 3. The molecule has 6 heteroatoms. The fourth-order valence-electron chi connectivity index (χ4n) is 0.496. The van der Waals surface area contributed by atoms with Crippen LogP contribution in [0.25, 0.3) is 0 Å². The normalized spacial score (nSPS) is 13.2. The molecule has 0 aliphatic rings. The van der Waals surface area contributed by atoms with Gasteiger partial charge in [0.05, 0.1) is 0 Å². The SMILES string of the molecule is CC(C)(C)OC(=O)N[C@H](N)C(=O)O. The van der Waals surface area contributed by atoms with Gasteiger partial charge in [-0.1, -0.05) is 0 Å². The van der Waals surface area contributed by atoms with E-state index in [9.17, 15) is 9.59 Å². The first-order valence-corrected chi connectivity index (χ1v) is 3.70. The van der Waals surface area contributed by atoms with E-state index >= 15 is 0 Å². The van der Waals surface area contributed by atoms with E-state index < -0.39 is 23.8 Å². The minimum Gasteiger partial charge on any atom is -0.479 e. The summed E-state index contributed by atoms with van der Waals surface area (Å²) in [6.45, 7) is 5.00. The number of carboxylic acids is 1. The number of nitrogens with one attached hydrogen (secondary N) is 1. The van der Waals surface area contributed by atoms with Crippen molar-refractivity contribution in [3.8, 4) is 0 Å². The van der Waals surface area contributed by atoms with Gasteiger partial charge in [-0.25, -0.2) is 9.59 Å². The Hall–Kier alpha value is -1.30. The Kier molecular flexibility index (Phi) is 3.68. The van der Waals surface area contributed by atoms with Gasteiger partial charge in [0.1, 0.15) is 5.60 Å². The van der Waals surface area contributed by atoms with Gasteiger partial charge >= 0.3 is 12.1 Å². The summed E-state index contributed by atoms with van der Waals surface area (Å²) in [5.74, 6) is -1.31. The van der Waals surface area contributed by atoms with Crippen molar-refractivity contribution in [2.75, 3.05) is 0 Å². The van der Waals surface area contributed by atoms with Gasteiger partial charge in [0, 0.05) is 0 Å². The molecule has 76 valence electrons. The van der Waals surface area contributed by atoms with E-state index in [1.54, 1.807) is 20.8 Å². The molecule has 4 N–H and O–H groups in total. The Morgan fingerprint density at radius 1 is 1.46 bits per heavy atom. The van der Waals surface area contributed by atoms with Gasteiger partial charge in [0.2, 0.25) is 0 Å². The maximum Gasteiger partial charge on any atom is 0.409 e. The van der Waals surface area contributed by atoms with E-state index in [1.165, 1.54) is 0 Å². The van der Waals surface area contributed by atoms with Crippen LogP contribution >= 0.6 is 0 Å². The fourth-order valence-corrected chi connectivity index (χ4v) is 0.496. The van der Waals surface area contributed by atoms with Gasteiger partial charge in [-0.05, 0) is 20.8 Å². The largest absolute Gasteiger partial charge is 0.479 e. The zero-order valence-electron chi connectivity index (χ0n) is 7.83. The molecule has 0 bridgehead atoms. The van der Waals surface area contributed by atoms with Gasteiger partial charge in [0.15, 0.2) is 6.17 Å². The molecule has 0 aromatic carbocycles. The highest BCUT2D eigenvalue weighted by Gasteiger charge is 2.20. The topological polar surface area (TPSA) is 102 Å².